The first-order valence-corrected chi connectivity index (χ1v) is 5.31. The lowest BCUT2D eigenvalue weighted by molar-refractivity contribution is 0.277. The summed E-state index contributed by atoms with van der Waals surface area (Å²) in [4.78, 5) is 0. The van der Waals surface area contributed by atoms with Crippen molar-refractivity contribution in [3.8, 4) is 5.75 Å². The molecular formula is C13H15NO2. The van der Waals surface area contributed by atoms with E-state index < -0.39 is 0 Å². The number of rotatable bonds is 3. The standard InChI is InChI=1S/C13H15NO2/c14-12(7-8-15)10-5-6-13(16)11-4-2-1-3-9(10)11/h1-6,12,15-16H,7-8,14H2/t12-/m1/s1. The van der Waals surface area contributed by atoms with Crippen LogP contribution in [0.15, 0.2) is 36.4 Å². The van der Waals surface area contributed by atoms with E-state index in [2.05, 4.69) is 0 Å². The van der Waals surface area contributed by atoms with Crippen LogP contribution in [0.5, 0.6) is 5.75 Å². The Kier molecular flexibility index (Phi) is 3.08. The zero-order valence-electron chi connectivity index (χ0n) is 8.93. The molecule has 1 atom stereocenters. The Morgan fingerprint density at radius 2 is 1.75 bits per heavy atom. The van der Waals surface area contributed by atoms with Gasteiger partial charge in [-0.25, -0.2) is 0 Å². The minimum Gasteiger partial charge on any atom is -0.507 e. The lowest BCUT2D eigenvalue weighted by atomic mass is 9.97. The topological polar surface area (TPSA) is 66.5 Å². The number of phenols is 1. The van der Waals surface area contributed by atoms with Crippen LogP contribution in [0.3, 0.4) is 0 Å². The predicted octanol–water partition coefficient (Wildman–Crippen LogP) is 1.93. The van der Waals surface area contributed by atoms with E-state index >= 15 is 0 Å². The van der Waals surface area contributed by atoms with Crippen molar-refractivity contribution in [1.82, 2.24) is 0 Å². The first-order chi connectivity index (χ1) is 7.74. The van der Waals surface area contributed by atoms with Crippen molar-refractivity contribution in [3.63, 3.8) is 0 Å². The first kappa shape index (κ1) is 10.9. The molecule has 0 aliphatic heterocycles. The van der Waals surface area contributed by atoms with Gasteiger partial charge in [0.05, 0.1) is 0 Å². The van der Waals surface area contributed by atoms with Crippen LogP contribution in [0.4, 0.5) is 0 Å². The Bertz CT molecular complexity index is 496. The summed E-state index contributed by atoms with van der Waals surface area (Å²) in [5.41, 5.74) is 6.94. The second-order valence-corrected chi connectivity index (χ2v) is 3.84. The number of aliphatic hydroxyl groups excluding tert-OH is 1. The van der Waals surface area contributed by atoms with Gasteiger partial charge in [-0.05, 0) is 23.4 Å². The van der Waals surface area contributed by atoms with E-state index in [-0.39, 0.29) is 18.4 Å². The summed E-state index contributed by atoms with van der Waals surface area (Å²) in [5.74, 6) is 0.260. The number of aromatic hydroxyl groups is 1. The summed E-state index contributed by atoms with van der Waals surface area (Å²) >= 11 is 0. The number of benzene rings is 2. The molecule has 0 saturated heterocycles. The molecule has 0 aromatic heterocycles. The largest absolute Gasteiger partial charge is 0.507 e. The molecule has 2 rings (SSSR count). The van der Waals surface area contributed by atoms with E-state index in [4.69, 9.17) is 10.8 Å². The van der Waals surface area contributed by atoms with Gasteiger partial charge in [-0.1, -0.05) is 30.3 Å². The number of aliphatic hydroxyl groups is 1. The Morgan fingerprint density at radius 3 is 2.44 bits per heavy atom. The van der Waals surface area contributed by atoms with E-state index in [1.54, 1.807) is 6.07 Å². The van der Waals surface area contributed by atoms with Crippen LogP contribution in [0.25, 0.3) is 10.8 Å². The molecule has 3 nitrogen and oxygen atoms in total. The number of hydrogen-bond donors (Lipinski definition) is 3. The van der Waals surface area contributed by atoms with Crippen LogP contribution in [0, 0.1) is 0 Å². The lowest BCUT2D eigenvalue weighted by Gasteiger charge is -2.14. The summed E-state index contributed by atoms with van der Waals surface area (Å²) in [6.45, 7) is 0.0658. The van der Waals surface area contributed by atoms with Gasteiger partial charge in [0.2, 0.25) is 0 Å². The second-order valence-electron chi connectivity index (χ2n) is 3.84. The van der Waals surface area contributed by atoms with Gasteiger partial charge >= 0.3 is 0 Å². The van der Waals surface area contributed by atoms with Crippen molar-refractivity contribution in [2.24, 2.45) is 5.73 Å². The molecule has 3 heteroatoms. The molecule has 0 unspecified atom stereocenters. The van der Waals surface area contributed by atoms with E-state index in [0.29, 0.717) is 6.42 Å². The molecule has 0 radical (unpaired) electrons. The molecule has 0 bridgehead atoms. The third-order valence-corrected chi connectivity index (χ3v) is 2.77. The van der Waals surface area contributed by atoms with Gasteiger partial charge in [-0.15, -0.1) is 0 Å². The van der Waals surface area contributed by atoms with Gasteiger partial charge in [0.15, 0.2) is 0 Å². The molecule has 0 amide bonds. The van der Waals surface area contributed by atoms with Crippen LogP contribution in [0.2, 0.25) is 0 Å². The highest BCUT2D eigenvalue weighted by atomic mass is 16.3. The fourth-order valence-electron chi connectivity index (χ4n) is 1.92. The lowest BCUT2D eigenvalue weighted by Crippen LogP contribution is -2.12. The molecule has 84 valence electrons. The third kappa shape index (κ3) is 1.87. The minimum atomic E-state index is -0.199. The quantitative estimate of drug-likeness (QED) is 0.736. The maximum atomic E-state index is 9.72. The molecule has 0 saturated carbocycles. The molecule has 4 N–H and O–H groups in total. The average molecular weight is 217 g/mol. The summed E-state index contributed by atoms with van der Waals surface area (Å²) in [6.07, 6.45) is 0.523. The zero-order valence-corrected chi connectivity index (χ0v) is 8.93. The van der Waals surface area contributed by atoms with Crippen LogP contribution in [0.1, 0.15) is 18.0 Å². The highest BCUT2D eigenvalue weighted by Gasteiger charge is 2.10. The van der Waals surface area contributed by atoms with Crippen molar-refractivity contribution in [2.45, 2.75) is 12.5 Å². The van der Waals surface area contributed by atoms with Gasteiger partial charge in [0.1, 0.15) is 5.75 Å². The molecule has 0 aliphatic rings. The molecule has 0 fully saturated rings. The summed E-state index contributed by atoms with van der Waals surface area (Å²) < 4.78 is 0. The van der Waals surface area contributed by atoms with E-state index in [0.717, 1.165) is 16.3 Å². The van der Waals surface area contributed by atoms with Gasteiger partial charge in [-0.2, -0.15) is 0 Å². The SMILES string of the molecule is N[C@H](CCO)c1ccc(O)c2ccccc12. The maximum Gasteiger partial charge on any atom is 0.123 e. The summed E-state index contributed by atoms with van der Waals surface area (Å²) in [6, 6.07) is 10.9. The Hall–Kier alpha value is -1.58. The van der Waals surface area contributed by atoms with Gasteiger partial charge in [-0.3, -0.25) is 0 Å². The van der Waals surface area contributed by atoms with Crippen molar-refractivity contribution < 1.29 is 10.2 Å². The summed E-state index contributed by atoms with van der Waals surface area (Å²) in [7, 11) is 0. The van der Waals surface area contributed by atoms with Gasteiger partial charge < -0.3 is 15.9 Å². The van der Waals surface area contributed by atoms with Crippen LogP contribution in [-0.4, -0.2) is 16.8 Å². The van der Waals surface area contributed by atoms with Crippen LogP contribution >= 0.6 is 0 Å². The van der Waals surface area contributed by atoms with Crippen molar-refractivity contribution in [1.29, 1.82) is 0 Å². The highest BCUT2D eigenvalue weighted by Crippen LogP contribution is 2.30. The third-order valence-electron chi connectivity index (χ3n) is 2.77. The van der Waals surface area contributed by atoms with E-state index in [9.17, 15) is 5.11 Å². The van der Waals surface area contributed by atoms with Crippen molar-refractivity contribution in [3.05, 3.63) is 42.0 Å². The van der Waals surface area contributed by atoms with E-state index in [1.807, 2.05) is 30.3 Å². The monoisotopic (exact) mass is 217 g/mol. The summed E-state index contributed by atoms with van der Waals surface area (Å²) in [5, 5.41) is 20.4. The van der Waals surface area contributed by atoms with Gasteiger partial charge in [0.25, 0.3) is 0 Å². The van der Waals surface area contributed by atoms with Crippen LogP contribution < -0.4 is 5.73 Å². The number of nitrogens with two attached hydrogens (primary N) is 1. The number of fused-ring (bicyclic) bond motifs is 1. The smallest absolute Gasteiger partial charge is 0.123 e. The molecule has 0 aliphatic carbocycles. The zero-order chi connectivity index (χ0) is 11.5. The average Bonchev–Trinajstić information content (AvgIpc) is 2.30. The number of phenolic OH excluding ortho intramolecular Hbond substituents is 1. The van der Waals surface area contributed by atoms with Gasteiger partial charge in [0, 0.05) is 18.0 Å². The normalized spacial score (nSPS) is 12.9. The fourth-order valence-corrected chi connectivity index (χ4v) is 1.92. The molecule has 2 aromatic carbocycles. The van der Waals surface area contributed by atoms with E-state index in [1.165, 1.54) is 0 Å². The second kappa shape index (κ2) is 4.51. The number of hydrogen-bond acceptors (Lipinski definition) is 3. The van der Waals surface area contributed by atoms with Crippen molar-refractivity contribution in [2.75, 3.05) is 6.61 Å². The Labute approximate surface area is 94.1 Å². The Balaban J connectivity index is 2.58. The van der Waals surface area contributed by atoms with Crippen LogP contribution in [-0.2, 0) is 0 Å². The first-order valence-electron chi connectivity index (χ1n) is 5.31. The molecule has 16 heavy (non-hydrogen) atoms. The maximum absolute atomic E-state index is 9.72. The molecule has 0 heterocycles. The molecule has 0 spiro atoms. The highest BCUT2D eigenvalue weighted by molar-refractivity contribution is 5.91. The van der Waals surface area contributed by atoms with Crippen molar-refractivity contribution >= 4 is 10.8 Å². The molecule has 2 aromatic rings. The predicted molar refractivity (Wildman–Crippen MR) is 64.2 cm³/mol. The minimum absolute atomic E-state index is 0.0658. The Morgan fingerprint density at radius 1 is 1.06 bits per heavy atom. The fraction of sp³-hybridized carbons (Fsp3) is 0.231. The molecular weight excluding hydrogens is 202 g/mol.